The minimum atomic E-state index is -0.658. The van der Waals surface area contributed by atoms with Crippen molar-refractivity contribution in [2.24, 2.45) is 0 Å². The predicted molar refractivity (Wildman–Crippen MR) is 74.7 cm³/mol. The largest absolute Gasteiger partial charge is 0.398 e. The number of hydrogen-bond donors (Lipinski definition) is 2. The summed E-state index contributed by atoms with van der Waals surface area (Å²) in [5, 5.41) is 12.0. The topological polar surface area (TPSA) is 55.5 Å². The number of thiophene rings is 1. The lowest BCUT2D eigenvalue weighted by atomic mass is 10.1. The summed E-state index contributed by atoms with van der Waals surface area (Å²) in [5.41, 5.74) is 7.12. The fourth-order valence-electron chi connectivity index (χ4n) is 1.73. The molecule has 1 heterocycles. The molecule has 0 amide bonds. The number of para-hydroxylation sites is 1. The van der Waals surface area contributed by atoms with E-state index in [4.69, 9.17) is 10.5 Å². The summed E-state index contributed by atoms with van der Waals surface area (Å²) in [6.45, 7) is 0.893. The number of rotatable bonds is 6. The molecule has 4 heteroatoms. The van der Waals surface area contributed by atoms with Gasteiger partial charge in [0, 0.05) is 22.5 Å². The van der Waals surface area contributed by atoms with Gasteiger partial charge in [-0.3, -0.25) is 0 Å². The lowest BCUT2D eigenvalue weighted by molar-refractivity contribution is 0.0380. The highest BCUT2D eigenvalue weighted by molar-refractivity contribution is 7.09. The number of benzene rings is 1. The molecule has 0 aliphatic rings. The van der Waals surface area contributed by atoms with Crippen LogP contribution in [0.15, 0.2) is 41.8 Å². The van der Waals surface area contributed by atoms with E-state index in [-0.39, 0.29) is 6.61 Å². The zero-order valence-corrected chi connectivity index (χ0v) is 10.9. The average Bonchev–Trinajstić information content (AvgIpc) is 2.88. The van der Waals surface area contributed by atoms with Crippen LogP contribution in [-0.2, 0) is 11.2 Å². The first-order valence-corrected chi connectivity index (χ1v) is 6.78. The molecular formula is C14H17NO2S. The minimum absolute atomic E-state index is 0.277. The van der Waals surface area contributed by atoms with Crippen LogP contribution in [0.2, 0.25) is 0 Å². The first-order chi connectivity index (χ1) is 8.77. The number of hydrogen-bond acceptors (Lipinski definition) is 4. The molecule has 3 N–H and O–H groups in total. The van der Waals surface area contributed by atoms with Crippen LogP contribution in [-0.4, -0.2) is 18.3 Å². The molecule has 1 unspecified atom stereocenters. The molecule has 0 fully saturated rings. The summed E-state index contributed by atoms with van der Waals surface area (Å²) in [6.07, 6.45) is 0.226. The van der Waals surface area contributed by atoms with Crippen molar-refractivity contribution < 1.29 is 9.84 Å². The van der Waals surface area contributed by atoms with Crippen molar-refractivity contribution >= 4 is 17.0 Å². The Bertz CT molecular complexity index is 470. The number of ether oxygens (including phenoxy) is 1. The van der Waals surface area contributed by atoms with Crippen molar-refractivity contribution in [3.63, 3.8) is 0 Å². The van der Waals surface area contributed by atoms with Crippen molar-refractivity contribution in [1.82, 2.24) is 0 Å². The Morgan fingerprint density at radius 1 is 1.22 bits per heavy atom. The molecule has 96 valence electrons. The Balaban J connectivity index is 1.75. The van der Waals surface area contributed by atoms with Gasteiger partial charge in [0.1, 0.15) is 6.10 Å². The summed E-state index contributed by atoms with van der Waals surface area (Å²) in [5.74, 6) is 0. The smallest absolute Gasteiger partial charge is 0.104 e. The third kappa shape index (κ3) is 3.57. The second-order valence-electron chi connectivity index (χ2n) is 4.05. The third-order valence-electron chi connectivity index (χ3n) is 2.70. The summed E-state index contributed by atoms with van der Waals surface area (Å²) in [6, 6.07) is 11.4. The fraction of sp³-hybridized carbons (Fsp3) is 0.286. The van der Waals surface area contributed by atoms with Crippen LogP contribution in [0.1, 0.15) is 16.5 Å². The Kier molecular flexibility index (Phi) is 4.75. The molecule has 2 aromatic rings. The Morgan fingerprint density at radius 3 is 2.78 bits per heavy atom. The van der Waals surface area contributed by atoms with Crippen LogP contribution in [0.3, 0.4) is 0 Å². The van der Waals surface area contributed by atoms with E-state index in [2.05, 4.69) is 11.4 Å². The van der Waals surface area contributed by atoms with E-state index in [1.807, 2.05) is 24.3 Å². The van der Waals surface area contributed by atoms with E-state index >= 15 is 0 Å². The van der Waals surface area contributed by atoms with Crippen molar-refractivity contribution in [3.8, 4) is 0 Å². The molecule has 0 bridgehead atoms. The second kappa shape index (κ2) is 6.54. The monoisotopic (exact) mass is 263 g/mol. The summed E-state index contributed by atoms with van der Waals surface area (Å²) in [4.78, 5) is 1.30. The summed E-state index contributed by atoms with van der Waals surface area (Å²) < 4.78 is 5.48. The number of nitrogen functional groups attached to an aromatic ring is 1. The second-order valence-corrected chi connectivity index (χ2v) is 5.08. The predicted octanol–water partition coefficient (Wildman–Crippen LogP) is 2.62. The van der Waals surface area contributed by atoms with Crippen molar-refractivity contribution in [3.05, 3.63) is 52.2 Å². The van der Waals surface area contributed by atoms with Crippen LogP contribution in [0, 0.1) is 0 Å². The van der Waals surface area contributed by atoms with Crippen molar-refractivity contribution in [2.45, 2.75) is 12.5 Å². The molecular weight excluding hydrogens is 246 g/mol. The van der Waals surface area contributed by atoms with Crippen molar-refractivity contribution in [1.29, 1.82) is 0 Å². The molecule has 1 aromatic carbocycles. The van der Waals surface area contributed by atoms with Gasteiger partial charge < -0.3 is 15.6 Å². The first kappa shape index (κ1) is 13.1. The van der Waals surface area contributed by atoms with Crippen LogP contribution >= 0.6 is 11.3 Å². The quantitative estimate of drug-likeness (QED) is 0.622. The average molecular weight is 263 g/mol. The third-order valence-corrected chi connectivity index (χ3v) is 3.64. The van der Waals surface area contributed by atoms with Gasteiger partial charge in [0.15, 0.2) is 0 Å². The van der Waals surface area contributed by atoms with E-state index < -0.39 is 6.10 Å². The van der Waals surface area contributed by atoms with E-state index in [1.165, 1.54) is 4.88 Å². The maximum Gasteiger partial charge on any atom is 0.104 e. The van der Waals surface area contributed by atoms with Gasteiger partial charge in [-0.05, 0) is 17.5 Å². The first-order valence-electron chi connectivity index (χ1n) is 5.90. The minimum Gasteiger partial charge on any atom is -0.398 e. The number of aliphatic hydroxyl groups excluding tert-OH is 1. The maximum absolute atomic E-state index is 9.96. The van der Waals surface area contributed by atoms with E-state index in [1.54, 1.807) is 17.4 Å². The molecule has 1 atom stereocenters. The Hall–Kier alpha value is -1.36. The van der Waals surface area contributed by atoms with Gasteiger partial charge in [-0.2, -0.15) is 0 Å². The fourth-order valence-corrected chi connectivity index (χ4v) is 2.42. The zero-order valence-electron chi connectivity index (χ0n) is 10.1. The molecule has 0 aliphatic carbocycles. The lowest BCUT2D eigenvalue weighted by Crippen LogP contribution is -2.10. The maximum atomic E-state index is 9.96. The van der Waals surface area contributed by atoms with Gasteiger partial charge >= 0.3 is 0 Å². The summed E-state index contributed by atoms with van der Waals surface area (Å²) >= 11 is 1.72. The van der Waals surface area contributed by atoms with Crippen LogP contribution in [0.5, 0.6) is 0 Å². The zero-order chi connectivity index (χ0) is 12.8. The normalized spacial score (nSPS) is 12.5. The summed E-state index contributed by atoms with van der Waals surface area (Å²) in [7, 11) is 0. The standard InChI is InChI=1S/C14H17NO2S/c15-13-6-2-1-5-12(13)14(16)10-17-8-7-11-4-3-9-18-11/h1-6,9,14,16H,7-8,10,15H2. The van der Waals surface area contributed by atoms with E-state index in [0.717, 1.165) is 12.0 Å². The highest BCUT2D eigenvalue weighted by Gasteiger charge is 2.10. The van der Waals surface area contributed by atoms with Gasteiger partial charge in [-0.1, -0.05) is 24.3 Å². The van der Waals surface area contributed by atoms with Gasteiger partial charge in [-0.15, -0.1) is 11.3 Å². The van der Waals surface area contributed by atoms with Crippen LogP contribution in [0.25, 0.3) is 0 Å². The lowest BCUT2D eigenvalue weighted by Gasteiger charge is -2.13. The molecule has 18 heavy (non-hydrogen) atoms. The molecule has 0 aliphatic heterocycles. The highest BCUT2D eigenvalue weighted by atomic mass is 32.1. The molecule has 1 aromatic heterocycles. The molecule has 0 saturated carbocycles. The van der Waals surface area contributed by atoms with Gasteiger partial charge in [-0.25, -0.2) is 0 Å². The molecule has 3 nitrogen and oxygen atoms in total. The van der Waals surface area contributed by atoms with Gasteiger partial charge in [0.2, 0.25) is 0 Å². The van der Waals surface area contributed by atoms with Gasteiger partial charge in [0.05, 0.1) is 13.2 Å². The Morgan fingerprint density at radius 2 is 2.06 bits per heavy atom. The molecule has 0 spiro atoms. The van der Waals surface area contributed by atoms with E-state index in [9.17, 15) is 5.11 Å². The molecule has 2 rings (SSSR count). The SMILES string of the molecule is Nc1ccccc1C(O)COCCc1cccs1. The molecule has 0 radical (unpaired) electrons. The van der Waals surface area contributed by atoms with Crippen LogP contribution in [0.4, 0.5) is 5.69 Å². The number of anilines is 1. The van der Waals surface area contributed by atoms with Crippen LogP contribution < -0.4 is 5.73 Å². The van der Waals surface area contributed by atoms with Gasteiger partial charge in [0.25, 0.3) is 0 Å². The number of nitrogens with two attached hydrogens (primary N) is 1. The van der Waals surface area contributed by atoms with Crippen molar-refractivity contribution in [2.75, 3.05) is 18.9 Å². The molecule has 0 saturated heterocycles. The Labute approximate surface area is 111 Å². The number of aliphatic hydroxyl groups is 1. The van der Waals surface area contributed by atoms with E-state index in [0.29, 0.717) is 12.3 Å². The highest BCUT2D eigenvalue weighted by Crippen LogP contribution is 2.20.